The van der Waals surface area contributed by atoms with Crippen LogP contribution in [0.1, 0.15) is 11.3 Å². The van der Waals surface area contributed by atoms with E-state index in [1.807, 2.05) is 12.1 Å². The molecule has 18 heavy (non-hydrogen) atoms. The second-order valence-electron chi connectivity index (χ2n) is 4.54. The van der Waals surface area contributed by atoms with Crippen LogP contribution in [0.2, 0.25) is 0 Å². The van der Waals surface area contributed by atoms with Crippen LogP contribution >= 0.6 is 0 Å². The number of fused-ring (bicyclic) bond motifs is 3. The number of aromatic nitrogens is 1. The maximum Gasteiger partial charge on any atom is 0.221 e. The van der Waals surface area contributed by atoms with E-state index in [0.29, 0.717) is 22.0 Å². The van der Waals surface area contributed by atoms with Gasteiger partial charge in [-0.25, -0.2) is 9.37 Å². The van der Waals surface area contributed by atoms with E-state index in [0.717, 1.165) is 10.8 Å². The number of pyridine rings is 1. The Balaban J connectivity index is 2.56. The Morgan fingerprint density at radius 1 is 0.944 bits per heavy atom. The Labute approximate surface area is 103 Å². The maximum atomic E-state index is 14.0. The molecule has 0 saturated carbocycles. The smallest absolute Gasteiger partial charge is 0.221 e. The number of rotatable bonds is 0. The lowest BCUT2D eigenvalue weighted by Gasteiger charge is -2.07. The zero-order chi connectivity index (χ0) is 12.9. The fourth-order valence-corrected chi connectivity index (χ4v) is 2.30. The third-order valence-corrected chi connectivity index (χ3v) is 3.18. The molecule has 0 saturated heterocycles. The SMILES string of the molecule is Cc1cc2ccc3cc(C)c(F)cc3c2c(F)n1. The monoisotopic (exact) mass is 243 g/mol. The van der Waals surface area contributed by atoms with Gasteiger partial charge in [-0.05, 0) is 53.8 Å². The van der Waals surface area contributed by atoms with Crippen molar-refractivity contribution in [2.45, 2.75) is 13.8 Å². The molecule has 3 rings (SSSR count). The molecule has 1 nitrogen and oxygen atoms in total. The summed E-state index contributed by atoms with van der Waals surface area (Å²) >= 11 is 0. The predicted octanol–water partition coefficient (Wildman–Crippen LogP) is 4.28. The molecule has 0 spiro atoms. The van der Waals surface area contributed by atoms with Crippen LogP contribution in [0.15, 0.2) is 30.3 Å². The second kappa shape index (κ2) is 3.73. The van der Waals surface area contributed by atoms with Gasteiger partial charge in [0.05, 0.1) is 0 Å². The minimum Gasteiger partial charge on any atom is -0.225 e. The van der Waals surface area contributed by atoms with Gasteiger partial charge in [0.15, 0.2) is 0 Å². The first kappa shape index (κ1) is 11.1. The highest BCUT2D eigenvalue weighted by molar-refractivity contribution is 6.07. The fourth-order valence-electron chi connectivity index (χ4n) is 2.30. The van der Waals surface area contributed by atoms with Crippen molar-refractivity contribution in [3.63, 3.8) is 0 Å². The van der Waals surface area contributed by atoms with Crippen molar-refractivity contribution in [2.75, 3.05) is 0 Å². The van der Waals surface area contributed by atoms with Crippen molar-refractivity contribution >= 4 is 21.5 Å². The molecular formula is C15H11F2N. The third-order valence-electron chi connectivity index (χ3n) is 3.18. The van der Waals surface area contributed by atoms with Gasteiger partial charge in [-0.1, -0.05) is 12.1 Å². The molecule has 0 atom stereocenters. The van der Waals surface area contributed by atoms with Crippen LogP contribution < -0.4 is 0 Å². The average molecular weight is 243 g/mol. The molecule has 0 radical (unpaired) electrons. The molecule has 2 aromatic carbocycles. The molecule has 1 heterocycles. The van der Waals surface area contributed by atoms with Crippen LogP contribution in [0.5, 0.6) is 0 Å². The molecule has 0 aliphatic rings. The Hall–Kier alpha value is -2.03. The van der Waals surface area contributed by atoms with Crippen LogP contribution in [-0.2, 0) is 0 Å². The van der Waals surface area contributed by atoms with Gasteiger partial charge in [0.25, 0.3) is 0 Å². The minimum atomic E-state index is -0.543. The van der Waals surface area contributed by atoms with Gasteiger partial charge in [-0.15, -0.1) is 0 Å². The lowest BCUT2D eigenvalue weighted by molar-refractivity contribution is 0.594. The molecule has 90 valence electrons. The lowest BCUT2D eigenvalue weighted by Crippen LogP contribution is -1.92. The largest absolute Gasteiger partial charge is 0.225 e. The number of nitrogens with zero attached hydrogens (tertiary/aromatic N) is 1. The molecule has 0 fully saturated rings. The van der Waals surface area contributed by atoms with E-state index in [4.69, 9.17) is 0 Å². The van der Waals surface area contributed by atoms with Crippen molar-refractivity contribution in [3.05, 3.63) is 53.4 Å². The number of benzene rings is 2. The Morgan fingerprint density at radius 3 is 2.44 bits per heavy atom. The van der Waals surface area contributed by atoms with E-state index < -0.39 is 5.95 Å². The van der Waals surface area contributed by atoms with Crippen molar-refractivity contribution in [1.82, 2.24) is 4.98 Å². The summed E-state index contributed by atoms with van der Waals surface area (Å²) < 4.78 is 27.6. The number of hydrogen-bond acceptors (Lipinski definition) is 1. The van der Waals surface area contributed by atoms with Gasteiger partial charge in [0.2, 0.25) is 5.95 Å². The second-order valence-corrected chi connectivity index (χ2v) is 4.54. The van der Waals surface area contributed by atoms with Gasteiger partial charge in [-0.2, -0.15) is 4.39 Å². The van der Waals surface area contributed by atoms with Gasteiger partial charge >= 0.3 is 0 Å². The highest BCUT2D eigenvalue weighted by Crippen LogP contribution is 2.29. The van der Waals surface area contributed by atoms with Crippen molar-refractivity contribution < 1.29 is 8.78 Å². The highest BCUT2D eigenvalue weighted by Gasteiger charge is 2.10. The van der Waals surface area contributed by atoms with Gasteiger partial charge in [-0.3, -0.25) is 0 Å². The van der Waals surface area contributed by atoms with Crippen LogP contribution in [0.25, 0.3) is 21.5 Å². The van der Waals surface area contributed by atoms with Crippen LogP contribution in [-0.4, -0.2) is 4.98 Å². The predicted molar refractivity (Wildman–Crippen MR) is 68.6 cm³/mol. The fraction of sp³-hybridized carbons (Fsp3) is 0.133. The molecule has 0 bridgehead atoms. The van der Waals surface area contributed by atoms with Crippen LogP contribution in [0, 0.1) is 25.6 Å². The van der Waals surface area contributed by atoms with E-state index in [1.54, 1.807) is 26.0 Å². The number of aryl methyl sites for hydroxylation is 2. The molecule has 0 aliphatic heterocycles. The molecule has 1 aromatic heterocycles. The normalized spacial score (nSPS) is 11.3. The van der Waals surface area contributed by atoms with E-state index in [9.17, 15) is 8.78 Å². The van der Waals surface area contributed by atoms with Crippen LogP contribution in [0.3, 0.4) is 0 Å². The summed E-state index contributed by atoms with van der Waals surface area (Å²) in [6.07, 6.45) is 0. The molecular weight excluding hydrogens is 232 g/mol. The summed E-state index contributed by atoms with van der Waals surface area (Å²) in [5, 5.41) is 2.53. The molecule has 3 aromatic rings. The third kappa shape index (κ3) is 1.55. The first-order valence-corrected chi connectivity index (χ1v) is 5.72. The van der Waals surface area contributed by atoms with Crippen molar-refractivity contribution in [1.29, 1.82) is 0 Å². The van der Waals surface area contributed by atoms with Crippen LogP contribution in [0.4, 0.5) is 8.78 Å². The summed E-state index contributed by atoms with van der Waals surface area (Å²) in [6, 6.07) is 8.63. The first-order chi connectivity index (χ1) is 8.56. The van der Waals surface area contributed by atoms with E-state index in [-0.39, 0.29) is 5.82 Å². The average Bonchev–Trinajstić information content (AvgIpc) is 2.30. The molecule has 0 amide bonds. The number of hydrogen-bond donors (Lipinski definition) is 0. The summed E-state index contributed by atoms with van der Waals surface area (Å²) in [7, 11) is 0. The van der Waals surface area contributed by atoms with Gasteiger partial charge in [0, 0.05) is 11.1 Å². The Kier molecular flexibility index (Phi) is 2.30. The highest BCUT2D eigenvalue weighted by atomic mass is 19.1. The lowest BCUT2D eigenvalue weighted by atomic mass is 10.0. The van der Waals surface area contributed by atoms with Crippen molar-refractivity contribution in [2.24, 2.45) is 0 Å². The molecule has 3 heteroatoms. The first-order valence-electron chi connectivity index (χ1n) is 5.72. The number of halogens is 2. The van der Waals surface area contributed by atoms with Gasteiger partial charge < -0.3 is 0 Å². The quantitative estimate of drug-likeness (QED) is 0.424. The summed E-state index contributed by atoms with van der Waals surface area (Å²) in [5.41, 5.74) is 1.18. The maximum absolute atomic E-state index is 14.0. The zero-order valence-corrected chi connectivity index (χ0v) is 10.1. The minimum absolute atomic E-state index is 0.324. The standard InChI is InChI=1S/C15H11F2N/c1-8-5-10-3-4-11-6-9(2)18-15(17)14(11)12(10)7-13(8)16/h3-7H,1-2H3. The van der Waals surface area contributed by atoms with E-state index in [1.165, 1.54) is 6.07 Å². The van der Waals surface area contributed by atoms with Crippen molar-refractivity contribution in [3.8, 4) is 0 Å². The Morgan fingerprint density at radius 2 is 1.67 bits per heavy atom. The van der Waals surface area contributed by atoms with Gasteiger partial charge in [0.1, 0.15) is 5.82 Å². The summed E-state index contributed by atoms with van der Waals surface area (Å²) in [6.45, 7) is 3.44. The zero-order valence-electron chi connectivity index (χ0n) is 10.1. The molecule has 0 aliphatic carbocycles. The Bertz CT molecular complexity index is 778. The molecule has 0 unspecified atom stereocenters. The van der Waals surface area contributed by atoms with E-state index >= 15 is 0 Å². The summed E-state index contributed by atoms with van der Waals surface area (Å²) in [4.78, 5) is 3.81. The molecule has 0 N–H and O–H groups in total. The van der Waals surface area contributed by atoms with E-state index in [2.05, 4.69) is 4.98 Å². The topological polar surface area (TPSA) is 12.9 Å². The summed E-state index contributed by atoms with van der Waals surface area (Å²) in [5.74, 6) is -0.867.